The summed E-state index contributed by atoms with van der Waals surface area (Å²) in [6.07, 6.45) is -0.211. The first-order chi connectivity index (χ1) is 13.4. The maximum atomic E-state index is 12.1. The first-order valence-corrected chi connectivity index (χ1v) is 8.75. The standard InChI is InChI=1S/C21H23NO6/c1-14(2)28-21(25)16-7-9-18(10-8-16)22-19(23)13-27-20(24)17-6-4-5-15(11-17)12-26-3/h4-11,14H,12-13H2,1-3H3,(H,22,23). The molecule has 0 fully saturated rings. The van der Waals surface area contributed by atoms with Gasteiger partial charge in [0.25, 0.3) is 5.91 Å². The molecule has 0 aliphatic carbocycles. The summed E-state index contributed by atoms with van der Waals surface area (Å²) in [4.78, 5) is 35.8. The topological polar surface area (TPSA) is 90.9 Å². The van der Waals surface area contributed by atoms with E-state index in [1.807, 2.05) is 6.07 Å². The van der Waals surface area contributed by atoms with Gasteiger partial charge >= 0.3 is 11.9 Å². The molecule has 0 aliphatic heterocycles. The highest BCUT2D eigenvalue weighted by Crippen LogP contribution is 2.12. The Balaban J connectivity index is 1.86. The van der Waals surface area contributed by atoms with Crippen molar-refractivity contribution in [1.82, 2.24) is 0 Å². The molecule has 0 saturated heterocycles. The van der Waals surface area contributed by atoms with Crippen LogP contribution >= 0.6 is 0 Å². The van der Waals surface area contributed by atoms with E-state index in [9.17, 15) is 14.4 Å². The summed E-state index contributed by atoms with van der Waals surface area (Å²) in [7, 11) is 1.56. The number of rotatable bonds is 8. The van der Waals surface area contributed by atoms with Crippen molar-refractivity contribution in [1.29, 1.82) is 0 Å². The minimum atomic E-state index is -0.597. The smallest absolute Gasteiger partial charge is 0.338 e. The molecule has 0 atom stereocenters. The molecule has 0 bridgehead atoms. The van der Waals surface area contributed by atoms with Gasteiger partial charge in [0.2, 0.25) is 0 Å². The van der Waals surface area contributed by atoms with Crippen LogP contribution in [0.2, 0.25) is 0 Å². The summed E-state index contributed by atoms with van der Waals surface area (Å²) in [5.74, 6) is -1.52. The Morgan fingerprint density at radius 2 is 1.68 bits per heavy atom. The number of ether oxygens (including phenoxy) is 3. The van der Waals surface area contributed by atoms with Gasteiger partial charge in [0.15, 0.2) is 6.61 Å². The van der Waals surface area contributed by atoms with Crippen molar-refractivity contribution in [3.63, 3.8) is 0 Å². The second-order valence-corrected chi connectivity index (χ2v) is 6.29. The summed E-state index contributed by atoms with van der Waals surface area (Å²) >= 11 is 0. The van der Waals surface area contributed by atoms with Gasteiger partial charge < -0.3 is 19.5 Å². The van der Waals surface area contributed by atoms with Crippen molar-refractivity contribution in [3.8, 4) is 0 Å². The zero-order valence-corrected chi connectivity index (χ0v) is 16.1. The predicted octanol–water partition coefficient (Wildman–Crippen LogP) is 3.19. The van der Waals surface area contributed by atoms with Gasteiger partial charge in [-0.3, -0.25) is 4.79 Å². The fourth-order valence-electron chi connectivity index (χ4n) is 2.34. The van der Waals surface area contributed by atoms with Crippen LogP contribution in [0.25, 0.3) is 0 Å². The number of benzene rings is 2. The number of amides is 1. The number of hydrogen-bond donors (Lipinski definition) is 1. The third-order valence-electron chi connectivity index (χ3n) is 3.56. The summed E-state index contributed by atoms with van der Waals surface area (Å²) in [6.45, 7) is 3.48. The Morgan fingerprint density at radius 3 is 2.32 bits per heavy atom. The SMILES string of the molecule is COCc1cccc(C(=O)OCC(=O)Nc2ccc(C(=O)OC(C)C)cc2)c1. The van der Waals surface area contributed by atoms with Crippen molar-refractivity contribution in [2.24, 2.45) is 0 Å². The molecule has 148 valence electrons. The fraction of sp³-hybridized carbons (Fsp3) is 0.286. The molecule has 0 aromatic heterocycles. The maximum Gasteiger partial charge on any atom is 0.338 e. The Kier molecular flexibility index (Phi) is 7.71. The monoisotopic (exact) mass is 385 g/mol. The van der Waals surface area contributed by atoms with Crippen molar-refractivity contribution < 1.29 is 28.6 Å². The van der Waals surface area contributed by atoms with Gasteiger partial charge in [-0.15, -0.1) is 0 Å². The second kappa shape index (κ2) is 10.2. The van der Waals surface area contributed by atoms with Gasteiger partial charge in [-0.1, -0.05) is 12.1 Å². The van der Waals surface area contributed by atoms with Crippen LogP contribution in [-0.2, 0) is 25.6 Å². The molecular weight excluding hydrogens is 362 g/mol. The Bertz CT molecular complexity index is 829. The van der Waals surface area contributed by atoms with Crippen LogP contribution in [-0.4, -0.2) is 37.7 Å². The van der Waals surface area contributed by atoms with E-state index in [0.717, 1.165) is 5.56 Å². The summed E-state index contributed by atoms with van der Waals surface area (Å²) < 4.78 is 15.2. The first kappa shape index (κ1) is 21.1. The first-order valence-electron chi connectivity index (χ1n) is 8.75. The van der Waals surface area contributed by atoms with Gasteiger partial charge in [0.1, 0.15) is 0 Å². The molecular formula is C21H23NO6. The number of methoxy groups -OCH3 is 1. The van der Waals surface area contributed by atoms with Gasteiger partial charge in [0.05, 0.1) is 23.8 Å². The van der Waals surface area contributed by atoms with Crippen LogP contribution in [0.15, 0.2) is 48.5 Å². The average Bonchev–Trinajstić information content (AvgIpc) is 2.66. The number of hydrogen-bond acceptors (Lipinski definition) is 6. The molecule has 0 heterocycles. The normalized spacial score (nSPS) is 10.4. The predicted molar refractivity (Wildman–Crippen MR) is 103 cm³/mol. The highest BCUT2D eigenvalue weighted by Gasteiger charge is 2.12. The summed E-state index contributed by atoms with van der Waals surface area (Å²) in [5.41, 5.74) is 2.03. The zero-order chi connectivity index (χ0) is 20.5. The molecule has 1 N–H and O–H groups in total. The van der Waals surface area contributed by atoms with Gasteiger partial charge in [-0.05, 0) is 55.8 Å². The number of carbonyl (C=O) groups excluding carboxylic acids is 3. The van der Waals surface area contributed by atoms with Crippen LogP contribution in [0, 0.1) is 0 Å². The van der Waals surface area contributed by atoms with Crippen molar-refractivity contribution in [2.75, 3.05) is 19.0 Å². The average molecular weight is 385 g/mol. The molecule has 7 heteroatoms. The molecule has 0 aliphatic rings. The highest BCUT2D eigenvalue weighted by atomic mass is 16.5. The summed E-state index contributed by atoms with van der Waals surface area (Å²) in [5, 5.41) is 2.60. The van der Waals surface area contributed by atoms with E-state index >= 15 is 0 Å². The van der Waals surface area contributed by atoms with Crippen LogP contribution in [0.3, 0.4) is 0 Å². The van der Waals surface area contributed by atoms with E-state index in [-0.39, 0.29) is 6.10 Å². The van der Waals surface area contributed by atoms with Gasteiger partial charge in [-0.2, -0.15) is 0 Å². The third-order valence-corrected chi connectivity index (χ3v) is 3.56. The Hall–Kier alpha value is -3.19. The van der Waals surface area contributed by atoms with E-state index in [0.29, 0.717) is 23.4 Å². The fourth-order valence-corrected chi connectivity index (χ4v) is 2.34. The van der Waals surface area contributed by atoms with Crippen LogP contribution in [0.1, 0.15) is 40.1 Å². The van der Waals surface area contributed by atoms with E-state index < -0.39 is 24.5 Å². The van der Waals surface area contributed by atoms with Crippen LogP contribution < -0.4 is 5.32 Å². The van der Waals surface area contributed by atoms with Crippen LogP contribution in [0.4, 0.5) is 5.69 Å². The van der Waals surface area contributed by atoms with E-state index in [4.69, 9.17) is 14.2 Å². The molecule has 1 amide bonds. The minimum Gasteiger partial charge on any atom is -0.459 e. The van der Waals surface area contributed by atoms with Gasteiger partial charge in [-0.25, -0.2) is 9.59 Å². The molecule has 7 nitrogen and oxygen atoms in total. The number of anilines is 1. The highest BCUT2D eigenvalue weighted by molar-refractivity contribution is 5.96. The maximum absolute atomic E-state index is 12.1. The van der Waals surface area contributed by atoms with Crippen molar-refractivity contribution >= 4 is 23.5 Å². The lowest BCUT2D eigenvalue weighted by Gasteiger charge is -2.09. The molecule has 2 rings (SSSR count). The largest absolute Gasteiger partial charge is 0.459 e. The minimum absolute atomic E-state index is 0.211. The van der Waals surface area contributed by atoms with Crippen LogP contribution in [0.5, 0.6) is 0 Å². The molecule has 0 radical (unpaired) electrons. The summed E-state index contributed by atoms with van der Waals surface area (Å²) in [6, 6.07) is 13.1. The van der Waals surface area contributed by atoms with Crippen molar-refractivity contribution in [2.45, 2.75) is 26.6 Å². The molecule has 2 aromatic rings. The van der Waals surface area contributed by atoms with E-state index in [2.05, 4.69) is 5.32 Å². The lowest BCUT2D eigenvalue weighted by atomic mass is 10.1. The lowest BCUT2D eigenvalue weighted by Crippen LogP contribution is -2.21. The number of carbonyl (C=O) groups is 3. The van der Waals surface area contributed by atoms with Crippen molar-refractivity contribution in [3.05, 3.63) is 65.2 Å². The Labute approximate surface area is 163 Å². The molecule has 0 saturated carbocycles. The molecule has 0 spiro atoms. The number of esters is 2. The van der Waals surface area contributed by atoms with E-state index in [1.165, 1.54) is 0 Å². The lowest BCUT2D eigenvalue weighted by molar-refractivity contribution is -0.119. The molecule has 0 unspecified atom stereocenters. The third kappa shape index (κ3) is 6.51. The molecule has 28 heavy (non-hydrogen) atoms. The second-order valence-electron chi connectivity index (χ2n) is 6.29. The molecule has 2 aromatic carbocycles. The Morgan fingerprint density at radius 1 is 0.964 bits per heavy atom. The van der Waals surface area contributed by atoms with Gasteiger partial charge in [0, 0.05) is 12.8 Å². The van der Waals surface area contributed by atoms with E-state index in [1.54, 1.807) is 63.4 Å². The zero-order valence-electron chi connectivity index (χ0n) is 16.1. The number of nitrogens with one attached hydrogen (secondary N) is 1. The quantitative estimate of drug-likeness (QED) is 0.702.